The fourth-order valence-corrected chi connectivity index (χ4v) is 13.6. The molecule has 0 radical (unpaired) electrons. The Balaban J connectivity index is 1.17. The first-order valence-corrected chi connectivity index (χ1v) is 32.5. The molecule has 29 heteroatoms. The number of nitrogens with zero attached hydrogens (tertiary/aromatic N) is 2. The van der Waals surface area contributed by atoms with E-state index in [0.29, 0.717) is 28.7 Å². The zero-order valence-electron chi connectivity index (χ0n) is 46.1. The lowest BCUT2D eigenvalue weighted by molar-refractivity contribution is -0.272. The van der Waals surface area contributed by atoms with Crippen molar-refractivity contribution in [3.05, 3.63) is 194 Å². The molecule has 7 aromatic rings. The second-order valence-corrected chi connectivity index (χ2v) is 26.6. The molecule has 7 aromatic carbocycles. The van der Waals surface area contributed by atoms with Crippen LogP contribution in [0.5, 0.6) is 0 Å². The average Bonchev–Trinajstić information content (AvgIpc) is 1.15. The maximum Gasteiger partial charge on any atom is 0.282 e. The van der Waals surface area contributed by atoms with E-state index in [1.54, 1.807) is 101 Å². The minimum absolute atomic E-state index is 0.0238. The van der Waals surface area contributed by atoms with Crippen molar-refractivity contribution in [3.8, 4) is 33.4 Å². The minimum Gasteiger partial charge on any atom is -0.391 e. The van der Waals surface area contributed by atoms with Gasteiger partial charge in [-0.25, -0.2) is 54.8 Å². The van der Waals surface area contributed by atoms with Crippen LogP contribution in [0.4, 0.5) is 0 Å². The standard InChI is InChI=1S/C57H61N9O15S5/c1-4-14-40-21-29-48(30-22-40)85(76,77)64-53(39(3)67)55(70)62-80-61-54(69)52(58)57(82)66(86(78,79)50-35-27-46(28-36-50)43-19-12-7-13-20-43)65(56(71)38(2)63-84(74,75)49-33-25-45(26-34-49)42-17-10-6-11-18-42)81-60-51(68)37-59-83(72,73)47-31-23-44(24-32-47)41-15-8-5-9-16-41/h5-13,15-36,38-39,52-53,57,59,63-64,67,82H,4,14,37,58H2,1-3H3,(H,60,68)(H,61,69)(H,62,70)/t38-,39+,52+,53-,57?/m0/s1. The van der Waals surface area contributed by atoms with Crippen LogP contribution in [0.3, 0.4) is 0 Å². The lowest BCUT2D eigenvalue weighted by atomic mass is 10.1. The van der Waals surface area contributed by atoms with E-state index < -0.39 is 105 Å². The quantitative estimate of drug-likeness (QED) is 0.0190. The number of hydroxylamine groups is 4. The highest BCUT2D eigenvalue weighted by Gasteiger charge is 2.46. The Morgan fingerprint density at radius 1 is 0.535 bits per heavy atom. The minimum atomic E-state index is -5.39. The van der Waals surface area contributed by atoms with E-state index in [-0.39, 0.29) is 24.3 Å². The van der Waals surface area contributed by atoms with Crippen molar-refractivity contribution < 1.29 is 67.8 Å². The third-order valence-corrected chi connectivity index (χ3v) is 19.6. The number of thiol groups is 1. The molecule has 0 saturated carbocycles. The van der Waals surface area contributed by atoms with Crippen molar-refractivity contribution in [1.82, 2.24) is 40.2 Å². The number of carbonyl (C=O) groups is 4. The molecule has 4 amide bonds. The first kappa shape index (κ1) is 65.8. The van der Waals surface area contributed by atoms with E-state index >= 15 is 8.42 Å². The van der Waals surface area contributed by atoms with Gasteiger partial charge < -0.3 is 10.8 Å². The number of amides is 4. The summed E-state index contributed by atoms with van der Waals surface area (Å²) >= 11 is 4.37. The fourth-order valence-electron chi connectivity index (χ4n) is 8.15. The molecule has 0 saturated heterocycles. The van der Waals surface area contributed by atoms with Crippen molar-refractivity contribution in [2.45, 2.75) is 82.8 Å². The molecular weight excluding hydrogens is 1210 g/mol. The molecule has 24 nitrogen and oxygen atoms in total. The van der Waals surface area contributed by atoms with E-state index in [9.17, 15) is 49.5 Å². The van der Waals surface area contributed by atoms with E-state index in [1.165, 1.54) is 72.8 Å². The van der Waals surface area contributed by atoms with Gasteiger partial charge in [-0.05, 0) is 108 Å². The molecule has 0 spiro atoms. The molecule has 7 rings (SSSR count). The summed E-state index contributed by atoms with van der Waals surface area (Å²) in [5.41, 5.74) is 16.5. The topological polar surface area (TPSA) is 348 Å². The van der Waals surface area contributed by atoms with Gasteiger partial charge in [-0.2, -0.15) is 27.0 Å². The monoisotopic (exact) mass is 1270 g/mol. The van der Waals surface area contributed by atoms with Crippen LogP contribution in [-0.4, -0.2) is 108 Å². The summed E-state index contributed by atoms with van der Waals surface area (Å²) in [5, 5.41) is 7.92. The first-order chi connectivity index (χ1) is 40.8. The molecule has 0 aliphatic carbocycles. The van der Waals surface area contributed by atoms with Crippen LogP contribution in [0.25, 0.3) is 33.4 Å². The Hall–Kier alpha value is -7.75. The molecule has 0 aliphatic rings. The van der Waals surface area contributed by atoms with Crippen LogP contribution in [0.1, 0.15) is 32.8 Å². The predicted octanol–water partition coefficient (Wildman–Crippen LogP) is 4.07. The van der Waals surface area contributed by atoms with Gasteiger partial charge in [0.05, 0.1) is 32.2 Å². The maximum atomic E-state index is 15.2. The summed E-state index contributed by atoms with van der Waals surface area (Å²) in [6.45, 7) is 2.89. The summed E-state index contributed by atoms with van der Waals surface area (Å²) in [4.78, 5) is 64.4. The number of sulfonamides is 4. The summed E-state index contributed by atoms with van der Waals surface area (Å²) in [6.07, 6.45) is -0.246. The zero-order chi connectivity index (χ0) is 62.4. The fraction of sp³-hybridized carbons (Fsp3) is 0.193. The van der Waals surface area contributed by atoms with E-state index in [4.69, 9.17) is 15.6 Å². The number of benzene rings is 7. The van der Waals surface area contributed by atoms with Gasteiger partial charge in [0.1, 0.15) is 23.5 Å². The average molecular weight is 1270 g/mol. The molecule has 0 bridgehead atoms. The maximum absolute atomic E-state index is 15.2. The van der Waals surface area contributed by atoms with Gasteiger partial charge >= 0.3 is 0 Å². The van der Waals surface area contributed by atoms with E-state index in [1.807, 2.05) is 25.1 Å². The number of aliphatic hydroxyl groups is 1. The number of rotatable bonds is 28. The molecular formula is C57H61N9O15S5. The van der Waals surface area contributed by atoms with Crippen molar-refractivity contribution in [2.24, 2.45) is 5.73 Å². The molecule has 0 fully saturated rings. The molecule has 86 heavy (non-hydrogen) atoms. The number of hydrazine groups is 1. The Labute approximate surface area is 503 Å². The van der Waals surface area contributed by atoms with Crippen LogP contribution in [0.15, 0.2) is 208 Å². The third kappa shape index (κ3) is 16.8. The first-order valence-electron chi connectivity index (χ1n) is 26.1. The molecule has 0 aliphatic heterocycles. The van der Waals surface area contributed by atoms with Crippen molar-refractivity contribution >= 4 is 76.4 Å². The van der Waals surface area contributed by atoms with Crippen LogP contribution in [0.2, 0.25) is 0 Å². The summed E-state index contributed by atoms with van der Waals surface area (Å²) < 4.78 is 118. The summed E-state index contributed by atoms with van der Waals surface area (Å²) in [6, 6.07) is 42.2. The van der Waals surface area contributed by atoms with Gasteiger partial charge in [-0.3, -0.25) is 19.2 Å². The Kier molecular flexibility index (Phi) is 22.3. The van der Waals surface area contributed by atoms with Crippen molar-refractivity contribution in [1.29, 1.82) is 0 Å². The normalized spacial score (nSPS) is 13.8. The van der Waals surface area contributed by atoms with E-state index in [0.717, 1.165) is 49.1 Å². The second kappa shape index (κ2) is 29.1. The molecule has 1 unspecified atom stereocenters. The lowest BCUT2D eigenvalue weighted by Gasteiger charge is -2.37. The summed E-state index contributed by atoms with van der Waals surface area (Å²) in [5.74, 6) is -5.86. The van der Waals surface area contributed by atoms with Crippen LogP contribution in [-0.2, 0) is 75.6 Å². The van der Waals surface area contributed by atoms with Crippen LogP contribution < -0.4 is 36.3 Å². The van der Waals surface area contributed by atoms with Gasteiger partial charge in [0.25, 0.3) is 33.7 Å². The highest BCUT2D eigenvalue weighted by Crippen LogP contribution is 2.29. The lowest BCUT2D eigenvalue weighted by Crippen LogP contribution is -2.64. The highest BCUT2D eigenvalue weighted by molar-refractivity contribution is 7.90. The highest BCUT2D eigenvalue weighted by atomic mass is 32.2. The van der Waals surface area contributed by atoms with Crippen LogP contribution >= 0.6 is 12.6 Å². The van der Waals surface area contributed by atoms with Crippen LogP contribution in [0, 0.1) is 0 Å². The predicted molar refractivity (Wildman–Crippen MR) is 320 cm³/mol. The molecule has 5 atom stereocenters. The van der Waals surface area contributed by atoms with Gasteiger partial charge in [0, 0.05) is 0 Å². The zero-order valence-corrected chi connectivity index (χ0v) is 50.3. The number of hydrogen-bond acceptors (Lipinski definition) is 17. The van der Waals surface area contributed by atoms with Crippen molar-refractivity contribution in [2.75, 3.05) is 6.54 Å². The molecule has 9 N–H and O–H groups in total. The number of hydrogen-bond donors (Lipinski definition) is 9. The number of nitrogens with one attached hydrogen (secondary N) is 6. The third-order valence-electron chi connectivity index (χ3n) is 12.8. The van der Waals surface area contributed by atoms with E-state index in [2.05, 4.69) is 26.8 Å². The summed E-state index contributed by atoms with van der Waals surface area (Å²) in [7, 11) is -19.0. The number of aliphatic hydroxyl groups excluding tert-OH is 1. The molecule has 0 heterocycles. The number of carbonyl (C=O) groups excluding carboxylic acids is 4. The van der Waals surface area contributed by atoms with Gasteiger partial charge in [-0.15, -0.1) is 10.1 Å². The van der Waals surface area contributed by atoms with Gasteiger partial charge in [0.15, 0.2) is 0 Å². The Morgan fingerprint density at radius 3 is 1.37 bits per heavy atom. The SMILES string of the molecule is CCCc1ccc(S(=O)(=O)N[C@H](C(=O)NONC(=O)[C@@H](N)C(S)N(N(ONC(=O)CNS(=O)(=O)c2ccc(-c3ccccc3)cc2)C(=O)[C@H](C)NS(=O)(=O)c2ccc(-c3ccccc3)cc2)S(=O)(=O)c2ccc(-c3ccccc3)cc2)[C@@H](C)O)cc1. The number of nitrogens with two attached hydrogens (primary N) is 1. The van der Waals surface area contributed by atoms with Gasteiger partial charge in [-0.1, -0.05) is 157 Å². The largest absolute Gasteiger partial charge is 0.391 e. The Bertz CT molecular complexity index is 3940. The Morgan fingerprint density at radius 2 is 0.930 bits per heavy atom. The molecule has 454 valence electrons. The number of aryl methyl sites for hydroxylation is 1. The van der Waals surface area contributed by atoms with Gasteiger partial charge in [0.2, 0.25) is 30.1 Å². The van der Waals surface area contributed by atoms with Crippen molar-refractivity contribution in [3.63, 3.8) is 0 Å². The second-order valence-electron chi connectivity index (χ2n) is 19.1. The molecule has 0 aromatic heterocycles. The smallest absolute Gasteiger partial charge is 0.282 e.